The molecule has 1 saturated heterocycles. The number of ether oxygens (including phenoxy) is 1. The normalized spacial score (nSPS) is 15.2. The van der Waals surface area contributed by atoms with E-state index >= 15 is 0 Å². The molecule has 1 fully saturated rings. The molecule has 1 N–H and O–H groups in total. The molecule has 1 aliphatic heterocycles. The summed E-state index contributed by atoms with van der Waals surface area (Å²) in [5.41, 5.74) is 5.31. The smallest absolute Gasteiger partial charge is 0.227 e. The number of methoxy groups -OCH3 is 1. The van der Waals surface area contributed by atoms with Crippen molar-refractivity contribution in [2.45, 2.75) is 26.9 Å². The number of nitrogens with one attached hydrogen (secondary N) is 1. The Morgan fingerprint density at radius 3 is 2.29 bits per heavy atom. The fraction of sp³-hybridized carbons (Fsp3) is 0.480. The molecule has 0 spiro atoms. The number of piperazine rings is 1. The number of hydroxylamine groups is 1. The minimum Gasteiger partial charge on any atom is -0.497 e. The van der Waals surface area contributed by atoms with Crippen LogP contribution in [0.2, 0.25) is 0 Å². The molecule has 6 heteroatoms. The first-order valence-corrected chi connectivity index (χ1v) is 11.1. The van der Waals surface area contributed by atoms with Crippen molar-refractivity contribution in [1.82, 2.24) is 10.4 Å². The van der Waals surface area contributed by atoms with Crippen molar-refractivity contribution >= 4 is 11.6 Å². The van der Waals surface area contributed by atoms with E-state index in [1.807, 2.05) is 47.4 Å². The third-order valence-electron chi connectivity index (χ3n) is 5.65. The highest BCUT2D eigenvalue weighted by Crippen LogP contribution is 2.22. The number of hydrogen-bond donors (Lipinski definition) is 1. The summed E-state index contributed by atoms with van der Waals surface area (Å²) in [4.78, 5) is 23.2. The van der Waals surface area contributed by atoms with E-state index < -0.39 is 0 Å². The Labute approximate surface area is 186 Å². The largest absolute Gasteiger partial charge is 0.497 e. The van der Waals surface area contributed by atoms with Gasteiger partial charge < -0.3 is 14.5 Å². The second kappa shape index (κ2) is 11.7. The Balaban J connectivity index is 1.48. The summed E-state index contributed by atoms with van der Waals surface area (Å²) in [6.07, 6.45) is 0.846. The van der Waals surface area contributed by atoms with Crippen molar-refractivity contribution in [1.29, 1.82) is 0 Å². The van der Waals surface area contributed by atoms with Crippen LogP contribution in [-0.2, 0) is 16.2 Å². The molecule has 1 aliphatic rings. The highest BCUT2D eigenvalue weighted by Gasteiger charge is 2.28. The van der Waals surface area contributed by atoms with E-state index in [0.29, 0.717) is 19.1 Å². The highest BCUT2D eigenvalue weighted by atomic mass is 16.6. The first kappa shape index (κ1) is 23.1. The zero-order valence-electron chi connectivity index (χ0n) is 18.9. The van der Waals surface area contributed by atoms with Gasteiger partial charge in [0.1, 0.15) is 5.75 Å². The summed E-state index contributed by atoms with van der Waals surface area (Å²) >= 11 is 0. The lowest BCUT2D eigenvalue weighted by molar-refractivity contribution is -0.137. The first-order chi connectivity index (χ1) is 15.1. The van der Waals surface area contributed by atoms with Crippen LogP contribution in [0, 0.1) is 11.8 Å². The molecule has 1 atom stereocenters. The lowest BCUT2D eigenvalue weighted by Gasteiger charge is -2.38. The Bertz CT molecular complexity index is 787. The number of amides is 1. The molecule has 1 heterocycles. The summed E-state index contributed by atoms with van der Waals surface area (Å²) < 4.78 is 5.24. The van der Waals surface area contributed by atoms with Crippen LogP contribution in [0.25, 0.3) is 0 Å². The zero-order valence-corrected chi connectivity index (χ0v) is 18.9. The van der Waals surface area contributed by atoms with Crippen LogP contribution in [0.3, 0.4) is 0 Å². The highest BCUT2D eigenvalue weighted by molar-refractivity contribution is 5.79. The summed E-state index contributed by atoms with van der Waals surface area (Å²) in [6.45, 7) is 8.50. The predicted octanol–water partition coefficient (Wildman–Crippen LogP) is 3.73. The van der Waals surface area contributed by atoms with Gasteiger partial charge in [-0.3, -0.25) is 9.63 Å². The summed E-state index contributed by atoms with van der Waals surface area (Å²) in [5.74, 6) is 1.45. The number of anilines is 1. The van der Waals surface area contributed by atoms with Gasteiger partial charge in [0, 0.05) is 38.4 Å². The maximum atomic E-state index is 13.2. The Morgan fingerprint density at radius 2 is 1.68 bits per heavy atom. The van der Waals surface area contributed by atoms with Gasteiger partial charge >= 0.3 is 0 Å². The summed E-state index contributed by atoms with van der Waals surface area (Å²) in [7, 11) is 1.68. The van der Waals surface area contributed by atoms with Crippen LogP contribution in [0.1, 0.15) is 25.8 Å². The van der Waals surface area contributed by atoms with E-state index in [-0.39, 0.29) is 11.8 Å². The molecule has 0 aliphatic carbocycles. The van der Waals surface area contributed by atoms with Crippen LogP contribution < -0.4 is 15.1 Å². The lowest BCUT2D eigenvalue weighted by Crippen LogP contribution is -2.51. The summed E-state index contributed by atoms with van der Waals surface area (Å²) in [6, 6.07) is 18.1. The van der Waals surface area contributed by atoms with Crippen molar-refractivity contribution in [2.75, 3.05) is 44.7 Å². The monoisotopic (exact) mass is 425 g/mol. The van der Waals surface area contributed by atoms with E-state index in [9.17, 15) is 4.79 Å². The van der Waals surface area contributed by atoms with E-state index in [2.05, 4.69) is 36.4 Å². The number of hydrogen-bond acceptors (Lipinski definition) is 5. The zero-order chi connectivity index (χ0) is 22.1. The molecular formula is C25H35N3O3. The molecule has 2 aromatic carbocycles. The fourth-order valence-corrected chi connectivity index (χ4v) is 3.94. The number of nitrogens with zero attached hydrogens (tertiary/aromatic N) is 2. The molecule has 6 nitrogen and oxygen atoms in total. The van der Waals surface area contributed by atoms with Gasteiger partial charge in [-0.05, 0) is 42.2 Å². The lowest BCUT2D eigenvalue weighted by atomic mass is 9.95. The van der Waals surface area contributed by atoms with Gasteiger partial charge in [0.15, 0.2) is 0 Å². The van der Waals surface area contributed by atoms with Crippen molar-refractivity contribution in [2.24, 2.45) is 11.8 Å². The average molecular weight is 426 g/mol. The van der Waals surface area contributed by atoms with E-state index in [0.717, 1.165) is 43.9 Å². The van der Waals surface area contributed by atoms with Gasteiger partial charge in [-0.2, -0.15) is 0 Å². The van der Waals surface area contributed by atoms with Gasteiger partial charge in [0.2, 0.25) is 5.91 Å². The number of rotatable bonds is 10. The second-order valence-corrected chi connectivity index (χ2v) is 8.46. The third kappa shape index (κ3) is 6.97. The molecular weight excluding hydrogens is 390 g/mol. The molecule has 0 unspecified atom stereocenters. The van der Waals surface area contributed by atoms with Gasteiger partial charge in [-0.25, -0.2) is 5.48 Å². The fourth-order valence-electron chi connectivity index (χ4n) is 3.94. The molecule has 3 rings (SSSR count). The molecule has 0 radical (unpaired) electrons. The van der Waals surface area contributed by atoms with Crippen LogP contribution >= 0.6 is 0 Å². The third-order valence-corrected chi connectivity index (χ3v) is 5.65. The molecule has 168 valence electrons. The second-order valence-electron chi connectivity index (χ2n) is 8.46. The standard InChI is InChI=1S/C25H35N3O3/c1-20(2)17-22(18-26-31-19-21-7-5-4-6-8-21)25(29)28-15-13-27(14-16-28)23-9-11-24(30-3)12-10-23/h4-12,20,22,26H,13-19H2,1-3H3/t22-/m0/s1. The van der Waals surface area contributed by atoms with E-state index in [1.165, 1.54) is 5.69 Å². The van der Waals surface area contributed by atoms with Crippen molar-refractivity contribution < 1.29 is 14.4 Å². The Hall–Kier alpha value is -2.57. The maximum absolute atomic E-state index is 13.2. The maximum Gasteiger partial charge on any atom is 0.227 e. The molecule has 0 bridgehead atoms. The molecule has 1 amide bonds. The number of carbonyl (C=O) groups is 1. The Morgan fingerprint density at radius 1 is 1.00 bits per heavy atom. The van der Waals surface area contributed by atoms with Gasteiger partial charge in [-0.1, -0.05) is 44.2 Å². The predicted molar refractivity (Wildman–Crippen MR) is 124 cm³/mol. The first-order valence-electron chi connectivity index (χ1n) is 11.1. The van der Waals surface area contributed by atoms with Gasteiger partial charge in [0.05, 0.1) is 19.6 Å². The van der Waals surface area contributed by atoms with Crippen molar-refractivity contribution in [3.63, 3.8) is 0 Å². The van der Waals surface area contributed by atoms with E-state index in [4.69, 9.17) is 9.57 Å². The van der Waals surface area contributed by atoms with Gasteiger partial charge in [-0.15, -0.1) is 0 Å². The summed E-state index contributed by atoms with van der Waals surface area (Å²) in [5, 5.41) is 0. The topological polar surface area (TPSA) is 54.0 Å². The van der Waals surface area contributed by atoms with Crippen LogP contribution in [0.5, 0.6) is 5.75 Å². The molecule has 0 saturated carbocycles. The van der Waals surface area contributed by atoms with Crippen LogP contribution in [0.15, 0.2) is 54.6 Å². The van der Waals surface area contributed by atoms with E-state index in [1.54, 1.807) is 7.11 Å². The quantitative estimate of drug-likeness (QED) is 0.464. The Kier molecular flexibility index (Phi) is 8.74. The SMILES string of the molecule is COc1ccc(N2CCN(C(=O)[C@H](CNOCc3ccccc3)CC(C)C)CC2)cc1. The minimum atomic E-state index is -0.0803. The molecule has 0 aromatic heterocycles. The van der Waals surface area contributed by atoms with Crippen LogP contribution in [-0.4, -0.2) is 50.6 Å². The van der Waals surface area contributed by atoms with Crippen LogP contribution in [0.4, 0.5) is 5.69 Å². The number of carbonyl (C=O) groups excluding carboxylic acids is 1. The van der Waals surface area contributed by atoms with Gasteiger partial charge in [0.25, 0.3) is 0 Å². The molecule has 2 aromatic rings. The molecule has 31 heavy (non-hydrogen) atoms. The average Bonchev–Trinajstić information content (AvgIpc) is 2.81. The number of benzene rings is 2. The van der Waals surface area contributed by atoms with Crippen molar-refractivity contribution in [3.05, 3.63) is 60.2 Å². The minimum absolute atomic E-state index is 0.0803. The van der Waals surface area contributed by atoms with Crippen molar-refractivity contribution in [3.8, 4) is 5.75 Å².